The number of aliphatic hydroxyl groups is 1. The monoisotopic (exact) mass is 472 g/mol. The number of nitrogens with one attached hydrogen (secondary N) is 3. The van der Waals surface area contributed by atoms with Gasteiger partial charge in [0.1, 0.15) is 12.4 Å². The summed E-state index contributed by atoms with van der Waals surface area (Å²) in [6.07, 6.45) is 1.67. The molecular formula is C24H32N4O4S. The molecule has 0 bridgehead atoms. The van der Waals surface area contributed by atoms with Crippen LogP contribution in [0.15, 0.2) is 42.5 Å². The molecular weight excluding hydrogens is 440 g/mol. The molecule has 33 heavy (non-hydrogen) atoms. The van der Waals surface area contributed by atoms with Gasteiger partial charge in [-0.15, -0.1) is 0 Å². The average Bonchev–Trinajstić information content (AvgIpc) is 3.51. The van der Waals surface area contributed by atoms with E-state index in [1.165, 1.54) is 18.2 Å². The first-order valence-corrected chi connectivity index (χ1v) is 13.1. The molecule has 1 unspecified atom stereocenters. The summed E-state index contributed by atoms with van der Waals surface area (Å²) in [6, 6.07) is 12.8. The summed E-state index contributed by atoms with van der Waals surface area (Å²) in [5.74, 6) is 1.46. The second kappa shape index (κ2) is 10.1. The maximum Gasteiger partial charge on any atom is 0.232 e. The number of aromatic amines is 1. The number of H-pyrrole nitrogens is 1. The van der Waals surface area contributed by atoms with Gasteiger partial charge in [-0.1, -0.05) is 26.0 Å². The van der Waals surface area contributed by atoms with Crippen LogP contribution in [0.3, 0.4) is 0 Å². The van der Waals surface area contributed by atoms with Gasteiger partial charge in [0, 0.05) is 36.1 Å². The largest absolute Gasteiger partial charge is 0.492 e. The van der Waals surface area contributed by atoms with Crippen LogP contribution in [0.4, 0.5) is 5.69 Å². The Morgan fingerprint density at radius 1 is 1.21 bits per heavy atom. The van der Waals surface area contributed by atoms with Gasteiger partial charge in [-0.2, -0.15) is 5.10 Å². The molecule has 178 valence electrons. The summed E-state index contributed by atoms with van der Waals surface area (Å²) in [5, 5.41) is 22.4. The van der Waals surface area contributed by atoms with Gasteiger partial charge < -0.3 is 15.2 Å². The number of rotatable bonds is 12. The van der Waals surface area contributed by atoms with Gasteiger partial charge in [-0.05, 0) is 48.6 Å². The van der Waals surface area contributed by atoms with Gasteiger partial charge in [0.05, 0.1) is 23.1 Å². The molecule has 2 aromatic carbocycles. The minimum Gasteiger partial charge on any atom is -0.492 e. The van der Waals surface area contributed by atoms with E-state index in [-0.39, 0.29) is 11.7 Å². The first kappa shape index (κ1) is 23.5. The molecule has 0 saturated heterocycles. The van der Waals surface area contributed by atoms with E-state index in [1.807, 2.05) is 26.0 Å². The molecule has 1 atom stereocenters. The lowest BCUT2D eigenvalue weighted by molar-refractivity contribution is 0.172. The second-order valence-electron chi connectivity index (χ2n) is 9.06. The highest BCUT2D eigenvalue weighted by Gasteiger charge is 2.27. The predicted molar refractivity (Wildman–Crippen MR) is 130 cm³/mol. The van der Waals surface area contributed by atoms with Crippen molar-refractivity contribution in [1.82, 2.24) is 15.5 Å². The number of sulfonamides is 1. The smallest absolute Gasteiger partial charge is 0.232 e. The Bertz CT molecular complexity index is 1190. The quantitative estimate of drug-likeness (QED) is 0.300. The SMILES string of the molecule is CC(C)CS(=O)(=O)Nc1cccc(C(O)CNCCOc2ccc3c(C4CC4)n[nH]c3c2)c1. The van der Waals surface area contributed by atoms with Crippen LogP contribution in [0, 0.1) is 5.92 Å². The van der Waals surface area contributed by atoms with Crippen LogP contribution < -0.4 is 14.8 Å². The predicted octanol–water partition coefficient (Wildman–Crippen LogP) is 3.54. The maximum atomic E-state index is 12.2. The standard InChI is InChI=1S/C24H32N4O4S/c1-16(2)15-33(30,31)28-19-5-3-4-18(12-19)23(29)14-25-10-11-32-20-8-9-21-22(13-20)26-27-24(21)17-6-7-17/h3-5,8-9,12-13,16-17,23,25,28-29H,6-7,10-11,14-15H2,1-2H3,(H,26,27). The third-order valence-electron chi connectivity index (χ3n) is 5.51. The van der Waals surface area contributed by atoms with Crippen LogP contribution in [0.2, 0.25) is 0 Å². The first-order chi connectivity index (χ1) is 15.8. The van der Waals surface area contributed by atoms with E-state index in [9.17, 15) is 13.5 Å². The highest BCUT2D eigenvalue weighted by atomic mass is 32.2. The van der Waals surface area contributed by atoms with Crippen molar-refractivity contribution >= 4 is 26.6 Å². The average molecular weight is 473 g/mol. The fourth-order valence-corrected chi connectivity index (χ4v) is 5.29. The molecule has 1 saturated carbocycles. The van der Waals surface area contributed by atoms with Crippen molar-refractivity contribution in [3.05, 3.63) is 53.7 Å². The van der Waals surface area contributed by atoms with Crippen molar-refractivity contribution < 1.29 is 18.3 Å². The Morgan fingerprint density at radius 3 is 2.79 bits per heavy atom. The zero-order valence-electron chi connectivity index (χ0n) is 19.0. The number of hydrogen-bond donors (Lipinski definition) is 4. The van der Waals surface area contributed by atoms with Crippen LogP contribution in [0.1, 0.15) is 50.0 Å². The Balaban J connectivity index is 1.22. The van der Waals surface area contributed by atoms with E-state index in [4.69, 9.17) is 4.74 Å². The summed E-state index contributed by atoms with van der Waals surface area (Å²) in [5.41, 5.74) is 3.24. The van der Waals surface area contributed by atoms with E-state index in [2.05, 4.69) is 26.3 Å². The number of ether oxygens (including phenoxy) is 1. The van der Waals surface area contributed by atoms with Gasteiger partial charge >= 0.3 is 0 Å². The number of aromatic nitrogens is 2. The molecule has 1 fully saturated rings. The number of aliphatic hydroxyl groups excluding tert-OH is 1. The van der Waals surface area contributed by atoms with Gasteiger partial charge in [0.2, 0.25) is 10.0 Å². The lowest BCUT2D eigenvalue weighted by Gasteiger charge is -2.15. The molecule has 4 rings (SSSR count). The van der Waals surface area contributed by atoms with Crippen LogP contribution in [0.5, 0.6) is 5.75 Å². The molecule has 0 spiro atoms. The van der Waals surface area contributed by atoms with Crippen LogP contribution in [0.25, 0.3) is 10.9 Å². The van der Waals surface area contributed by atoms with Crippen molar-refractivity contribution in [3.63, 3.8) is 0 Å². The van der Waals surface area contributed by atoms with Gasteiger partial charge in [0.25, 0.3) is 0 Å². The molecule has 1 aromatic heterocycles. The van der Waals surface area contributed by atoms with E-state index in [1.54, 1.807) is 24.3 Å². The molecule has 1 heterocycles. The van der Waals surface area contributed by atoms with Crippen molar-refractivity contribution in [2.45, 2.75) is 38.7 Å². The zero-order valence-corrected chi connectivity index (χ0v) is 19.9. The summed E-state index contributed by atoms with van der Waals surface area (Å²) >= 11 is 0. The Morgan fingerprint density at radius 2 is 2.03 bits per heavy atom. The Kier molecular flexibility index (Phi) is 7.21. The third-order valence-corrected chi connectivity index (χ3v) is 7.16. The van der Waals surface area contributed by atoms with Crippen molar-refractivity contribution in [2.24, 2.45) is 5.92 Å². The van der Waals surface area contributed by atoms with Crippen LogP contribution in [-0.2, 0) is 10.0 Å². The highest BCUT2D eigenvalue weighted by Crippen LogP contribution is 2.42. The number of anilines is 1. The summed E-state index contributed by atoms with van der Waals surface area (Å²) < 4.78 is 32.7. The fraction of sp³-hybridized carbons (Fsp3) is 0.458. The number of benzene rings is 2. The minimum absolute atomic E-state index is 0.0318. The van der Waals surface area contributed by atoms with Gasteiger partial charge in [-0.25, -0.2) is 8.42 Å². The maximum absolute atomic E-state index is 12.2. The molecule has 9 heteroatoms. The molecule has 0 aliphatic heterocycles. The molecule has 1 aliphatic rings. The number of nitrogens with zero attached hydrogens (tertiary/aromatic N) is 1. The normalized spacial score (nSPS) is 15.2. The Labute approximate surface area is 194 Å². The molecule has 0 amide bonds. The van der Waals surface area contributed by atoms with Crippen molar-refractivity contribution in [2.75, 3.05) is 30.2 Å². The summed E-state index contributed by atoms with van der Waals surface area (Å²) in [4.78, 5) is 0. The van der Waals surface area contributed by atoms with Gasteiger partial charge in [0.15, 0.2) is 0 Å². The molecule has 8 nitrogen and oxygen atoms in total. The van der Waals surface area contributed by atoms with Crippen molar-refractivity contribution in [1.29, 1.82) is 0 Å². The molecule has 4 N–H and O–H groups in total. The summed E-state index contributed by atoms with van der Waals surface area (Å²) in [7, 11) is -3.41. The van der Waals surface area contributed by atoms with Crippen LogP contribution in [-0.4, -0.2) is 49.2 Å². The first-order valence-electron chi connectivity index (χ1n) is 11.4. The fourth-order valence-electron chi connectivity index (χ4n) is 3.84. The second-order valence-corrected chi connectivity index (χ2v) is 10.8. The zero-order chi connectivity index (χ0) is 23.4. The van der Waals surface area contributed by atoms with E-state index >= 15 is 0 Å². The third kappa shape index (κ3) is 6.46. The lowest BCUT2D eigenvalue weighted by atomic mass is 10.1. The Hall–Kier alpha value is -2.62. The molecule has 1 aliphatic carbocycles. The number of hydrogen-bond acceptors (Lipinski definition) is 6. The highest BCUT2D eigenvalue weighted by molar-refractivity contribution is 7.92. The topological polar surface area (TPSA) is 116 Å². The number of fused-ring (bicyclic) bond motifs is 1. The van der Waals surface area contributed by atoms with Crippen LogP contribution >= 0.6 is 0 Å². The minimum atomic E-state index is -3.41. The molecule has 3 aromatic rings. The lowest BCUT2D eigenvalue weighted by Crippen LogP contribution is -2.26. The van der Waals surface area contributed by atoms with Crippen molar-refractivity contribution in [3.8, 4) is 5.75 Å². The van der Waals surface area contributed by atoms with Gasteiger partial charge in [-0.3, -0.25) is 9.82 Å². The van der Waals surface area contributed by atoms with E-state index < -0.39 is 16.1 Å². The summed E-state index contributed by atoms with van der Waals surface area (Å²) in [6.45, 7) is 5.06. The molecule has 0 radical (unpaired) electrons. The van der Waals surface area contributed by atoms with E-state index in [0.29, 0.717) is 36.9 Å². The van der Waals surface area contributed by atoms with E-state index in [0.717, 1.165) is 17.0 Å².